The first kappa shape index (κ1) is 22.4. The molecule has 1 aliphatic heterocycles. The van der Waals surface area contributed by atoms with Crippen molar-refractivity contribution in [1.82, 2.24) is 4.90 Å². The number of esters is 1. The monoisotopic (exact) mass is 451 g/mol. The van der Waals surface area contributed by atoms with Crippen molar-refractivity contribution >= 4 is 5.97 Å². The third-order valence-electron chi connectivity index (χ3n) is 7.26. The van der Waals surface area contributed by atoms with E-state index in [0.717, 1.165) is 37.8 Å². The first-order valence-corrected chi connectivity index (χ1v) is 12.2. The number of likely N-dealkylation sites (tertiary alicyclic amines) is 1. The van der Waals surface area contributed by atoms with Gasteiger partial charge in [-0.25, -0.2) is 9.18 Å². The van der Waals surface area contributed by atoms with Crippen molar-refractivity contribution in [2.45, 2.75) is 83.1 Å². The fourth-order valence-corrected chi connectivity index (χ4v) is 5.54. The summed E-state index contributed by atoms with van der Waals surface area (Å²) in [6.45, 7) is 8.72. The van der Waals surface area contributed by atoms with Gasteiger partial charge in [-0.2, -0.15) is 0 Å². The van der Waals surface area contributed by atoms with Crippen LogP contribution in [0.5, 0.6) is 5.75 Å². The highest BCUT2D eigenvalue weighted by molar-refractivity contribution is 5.90. The predicted octanol–water partition coefficient (Wildman–Crippen LogP) is 6.26. The van der Waals surface area contributed by atoms with Gasteiger partial charge in [0.2, 0.25) is 0 Å². The molecule has 4 nitrogen and oxygen atoms in total. The van der Waals surface area contributed by atoms with Crippen LogP contribution < -0.4 is 4.74 Å². The zero-order valence-corrected chi connectivity index (χ0v) is 20.0. The van der Waals surface area contributed by atoms with Crippen molar-refractivity contribution in [2.75, 3.05) is 6.54 Å². The van der Waals surface area contributed by atoms with Crippen molar-refractivity contribution in [3.05, 3.63) is 65.0 Å². The minimum atomic E-state index is -0.666. The molecular weight excluding hydrogens is 417 g/mol. The van der Waals surface area contributed by atoms with E-state index in [-0.39, 0.29) is 11.7 Å². The molecular formula is C28H34FNO3. The smallest absolute Gasteiger partial charge is 0.341 e. The van der Waals surface area contributed by atoms with Crippen LogP contribution >= 0.6 is 0 Å². The normalized spacial score (nSPS) is 25.8. The van der Waals surface area contributed by atoms with E-state index in [1.165, 1.54) is 11.6 Å². The van der Waals surface area contributed by atoms with E-state index < -0.39 is 17.4 Å². The second kappa shape index (κ2) is 8.43. The number of benzene rings is 2. The van der Waals surface area contributed by atoms with Gasteiger partial charge < -0.3 is 9.47 Å². The molecule has 0 spiro atoms. The average molecular weight is 452 g/mol. The minimum absolute atomic E-state index is 0.00597. The second-order valence-electron chi connectivity index (χ2n) is 11.0. The van der Waals surface area contributed by atoms with E-state index in [1.807, 2.05) is 6.07 Å². The van der Waals surface area contributed by atoms with Crippen molar-refractivity contribution in [2.24, 2.45) is 5.92 Å². The van der Waals surface area contributed by atoms with Gasteiger partial charge in [-0.05, 0) is 82.4 Å². The van der Waals surface area contributed by atoms with Gasteiger partial charge in [-0.3, -0.25) is 4.90 Å². The largest absolute Gasteiger partial charge is 0.488 e. The van der Waals surface area contributed by atoms with Crippen molar-refractivity contribution in [3.8, 4) is 5.75 Å². The molecule has 4 atom stereocenters. The summed E-state index contributed by atoms with van der Waals surface area (Å²) in [6.07, 6.45) is 4.26. The van der Waals surface area contributed by atoms with Crippen LogP contribution in [0.4, 0.5) is 4.39 Å². The molecule has 5 heteroatoms. The van der Waals surface area contributed by atoms with E-state index in [1.54, 1.807) is 26.8 Å². The Bertz CT molecular complexity index is 1030. The lowest BCUT2D eigenvalue weighted by Crippen LogP contribution is -2.45. The number of hydrogen-bond donors (Lipinski definition) is 0. The maximum Gasteiger partial charge on any atom is 0.341 e. The number of ether oxygens (including phenoxy) is 2. The van der Waals surface area contributed by atoms with Gasteiger partial charge in [0.1, 0.15) is 23.3 Å². The highest BCUT2D eigenvalue weighted by Gasteiger charge is 2.48. The van der Waals surface area contributed by atoms with Crippen LogP contribution in [0.15, 0.2) is 42.5 Å². The van der Waals surface area contributed by atoms with Crippen LogP contribution in [0, 0.1) is 11.7 Å². The zero-order chi connectivity index (χ0) is 23.3. The quantitative estimate of drug-likeness (QED) is 0.486. The van der Waals surface area contributed by atoms with E-state index in [0.29, 0.717) is 29.7 Å². The Labute approximate surface area is 196 Å². The molecule has 0 aromatic heterocycles. The highest BCUT2D eigenvalue weighted by atomic mass is 19.1. The summed E-state index contributed by atoms with van der Waals surface area (Å²) in [6, 6.07) is 14.3. The average Bonchev–Trinajstić information content (AvgIpc) is 3.41. The molecule has 3 fully saturated rings. The van der Waals surface area contributed by atoms with Crippen LogP contribution in [0.3, 0.4) is 0 Å². The number of hydrogen-bond acceptors (Lipinski definition) is 4. The fourth-order valence-electron chi connectivity index (χ4n) is 5.54. The second-order valence-corrected chi connectivity index (χ2v) is 11.0. The maximum atomic E-state index is 15.0. The van der Waals surface area contributed by atoms with Crippen molar-refractivity contribution < 1.29 is 18.7 Å². The molecule has 2 aromatic rings. The summed E-state index contributed by atoms with van der Waals surface area (Å²) in [7, 11) is 0. The van der Waals surface area contributed by atoms with Gasteiger partial charge in [0, 0.05) is 24.7 Å². The first-order valence-electron chi connectivity index (χ1n) is 12.2. The van der Waals surface area contributed by atoms with Crippen molar-refractivity contribution in [3.63, 3.8) is 0 Å². The predicted molar refractivity (Wildman–Crippen MR) is 126 cm³/mol. The highest BCUT2D eigenvalue weighted by Crippen LogP contribution is 2.48. The molecule has 0 unspecified atom stereocenters. The summed E-state index contributed by atoms with van der Waals surface area (Å²) in [5.41, 5.74) is 1.60. The number of nitrogens with zero attached hydrogens (tertiary/aromatic N) is 1. The Morgan fingerprint density at radius 3 is 2.48 bits per heavy atom. The van der Waals surface area contributed by atoms with Crippen LogP contribution in [0.1, 0.15) is 86.8 Å². The molecule has 5 rings (SSSR count). The van der Waals surface area contributed by atoms with Gasteiger partial charge in [-0.15, -0.1) is 0 Å². The van der Waals surface area contributed by atoms with E-state index in [4.69, 9.17) is 9.47 Å². The molecule has 2 aromatic carbocycles. The van der Waals surface area contributed by atoms with E-state index >= 15 is 4.39 Å². The number of halogens is 1. The fraction of sp³-hybridized carbons (Fsp3) is 0.536. The van der Waals surface area contributed by atoms with Crippen molar-refractivity contribution in [1.29, 1.82) is 0 Å². The summed E-state index contributed by atoms with van der Waals surface area (Å²) in [4.78, 5) is 15.1. The van der Waals surface area contributed by atoms with Gasteiger partial charge in [0.25, 0.3) is 0 Å². The number of fused-ring (bicyclic) bond motifs is 2. The number of carbonyl (C=O) groups is 1. The van der Waals surface area contributed by atoms with Gasteiger partial charge >= 0.3 is 5.97 Å². The van der Waals surface area contributed by atoms with Crippen LogP contribution in [-0.2, 0) is 4.74 Å². The van der Waals surface area contributed by atoms with Crippen LogP contribution in [-0.4, -0.2) is 35.2 Å². The molecule has 1 heterocycles. The molecule has 1 saturated heterocycles. The Morgan fingerprint density at radius 2 is 1.85 bits per heavy atom. The molecule has 33 heavy (non-hydrogen) atoms. The van der Waals surface area contributed by atoms with Crippen LogP contribution in [0.2, 0.25) is 0 Å². The van der Waals surface area contributed by atoms with Crippen LogP contribution in [0.25, 0.3) is 0 Å². The summed E-state index contributed by atoms with van der Waals surface area (Å²) in [5, 5.41) is 0. The van der Waals surface area contributed by atoms with Gasteiger partial charge in [-0.1, -0.05) is 30.3 Å². The molecule has 2 saturated carbocycles. The van der Waals surface area contributed by atoms with E-state index in [2.05, 4.69) is 36.1 Å². The lowest BCUT2D eigenvalue weighted by molar-refractivity contribution is 0.00643. The Kier molecular flexibility index (Phi) is 5.72. The molecule has 176 valence electrons. The first-order chi connectivity index (χ1) is 15.7. The van der Waals surface area contributed by atoms with Gasteiger partial charge in [0.15, 0.2) is 0 Å². The number of rotatable bonds is 6. The SMILES string of the molecule is C[C@@H](c1ccccc1)N1C[C@H]2C[C@@H]1[C@H](Oc1cc(F)c(C(=O)OC(C)(C)C)cc1C1CC1)C2. The Balaban J connectivity index is 1.37. The maximum absolute atomic E-state index is 15.0. The summed E-state index contributed by atoms with van der Waals surface area (Å²) in [5.74, 6) is 0.367. The zero-order valence-electron chi connectivity index (χ0n) is 20.0. The standard InChI is InChI=1S/C28H34FNO3/c1-17(19-8-6-5-7-9-19)30-16-18-12-24(30)26(13-18)32-25-15-23(29)22(14-21(25)20-10-11-20)27(31)33-28(2,3)4/h5-9,14-15,17-18,20,24,26H,10-13,16H2,1-4H3/t17-,18-,24+,26+/m0/s1. The van der Waals surface area contributed by atoms with Gasteiger partial charge in [0.05, 0.1) is 5.56 Å². The number of piperidine rings is 1. The molecule has 3 aliphatic rings. The topological polar surface area (TPSA) is 38.8 Å². The molecule has 0 amide bonds. The molecule has 2 aliphatic carbocycles. The molecule has 2 bridgehead atoms. The Morgan fingerprint density at radius 1 is 1.12 bits per heavy atom. The van der Waals surface area contributed by atoms with E-state index in [9.17, 15) is 4.79 Å². The molecule has 0 N–H and O–H groups in total. The number of carbonyl (C=O) groups excluding carboxylic acids is 1. The Hall–Kier alpha value is -2.40. The summed E-state index contributed by atoms with van der Waals surface area (Å²) >= 11 is 0. The lowest BCUT2D eigenvalue weighted by atomic mass is 10.0. The minimum Gasteiger partial charge on any atom is -0.488 e. The summed E-state index contributed by atoms with van der Waals surface area (Å²) < 4.78 is 27.0. The third kappa shape index (κ3) is 4.65. The third-order valence-corrected chi connectivity index (χ3v) is 7.26. The lowest BCUT2D eigenvalue weighted by Gasteiger charge is -2.38. The molecule has 0 radical (unpaired) electrons.